The molecule has 0 saturated heterocycles. The van der Waals surface area contributed by atoms with E-state index in [1.54, 1.807) is 0 Å². The maximum Gasteiger partial charge on any atom is 0.216 e. The van der Waals surface area contributed by atoms with E-state index in [0.29, 0.717) is 6.42 Å². The van der Waals surface area contributed by atoms with E-state index in [4.69, 9.17) is 17.3 Å². The monoisotopic (exact) mass is 259 g/mol. The van der Waals surface area contributed by atoms with E-state index in [1.165, 1.54) is 0 Å². The molecule has 0 amide bonds. The Morgan fingerprint density at radius 1 is 1.31 bits per heavy atom. The first-order chi connectivity index (χ1) is 7.65. The largest absolute Gasteiger partial charge is 0.323 e. The average Bonchev–Trinajstić information content (AvgIpc) is 2.28. The highest BCUT2D eigenvalue weighted by atomic mass is 35.5. The van der Waals surface area contributed by atoms with Crippen molar-refractivity contribution in [3.63, 3.8) is 0 Å². The third-order valence-electron chi connectivity index (χ3n) is 2.35. The molecular formula is C11H14ClNO2S. The van der Waals surface area contributed by atoms with Crippen molar-refractivity contribution in [2.75, 3.05) is 5.88 Å². The lowest BCUT2D eigenvalue weighted by atomic mass is 10.0. The zero-order valence-corrected chi connectivity index (χ0v) is 10.3. The van der Waals surface area contributed by atoms with Crippen molar-refractivity contribution in [2.24, 2.45) is 5.73 Å². The van der Waals surface area contributed by atoms with Crippen LogP contribution >= 0.6 is 11.6 Å². The molecule has 1 aromatic rings. The zero-order valence-electron chi connectivity index (χ0n) is 8.77. The summed E-state index contributed by atoms with van der Waals surface area (Å²) in [5.41, 5.74) is 6.90. The van der Waals surface area contributed by atoms with E-state index in [0.717, 1.165) is 12.0 Å². The number of nitrogens with two attached hydrogens (primary N) is 1. The topological polar surface area (TPSA) is 60.2 Å². The Hall–Kier alpha value is -0.840. The van der Waals surface area contributed by atoms with Crippen molar-refractivity contribution >= 4 is 26.8 Å². The SMILES string of the molecule is NC(CCc1ccccc1)C(CCl)=S(=O)=O. The average molecular weight is 260 g/mol. The van der Waals surface area contributed by atoms with E-state index in [1.807, 2.05) is 30.3 Å². The smallest absolute Gasteiger partial charge is 0.216 e. The van der Waals surface area contributed by atoms with Gasteiger partial charge < -0.3 is 5.73 Å². The van der Waals surface area contributed by atoms with Crippen LogP contribution < -0.4 is 5.73 Å². The fourth-order valence-electron chi connectivity index (χ4n) is 1.40. The Labute approximate surface area is 102 Å². The van der Waals surface area contributed by atoms with Crippen LogP contribution in [0.5, 0.6) is 0 Å². The number of benzene rings is 1. The number of hydrogen-bond donors (Lipinski definition) is 1. The molecule has 16 heavy (non-hydrogen) atoms. The first kappa shape index (κ1) is 13.2. The fourth-order valence-corrected chi connectivity index (χ4v) is 2.31. The predicted molar refractivity (Wildman–Crippen MR) is 67.4 cm³/mol. The summed E-state index contributed by atoms with van der Waals surface area (Å²) in [4.78, 5) is 0.178. The lowest BCUT2D eigenvalue weighted by molar-refractivity contribution is 0.625. The minimum Gasteiger partial charge on any atom is -0.323 e. The fraction of sp³-hybridized carbons (Fsp3) is 0.364. The van der Waals surface area contributed by atoms with Gasteiger partial charge in [0.2, 0.25) is 10.3 Å². The molecule has 2 N–H and O–H groups in total. The molecule has 0 fully saturated rings. The molecule has 0 saturated carbocycles. The summed E-state index contributed by atoms with van der Waals surface area (Å²) in [7, 11) is -2.28. The molecule has 0 aromatic heterocycles. The Balaban J connectivity index is 2.60. The molecule has 0 aliphatic heterocycles. The maximum atomic E-state index is 10.8. The van der Waals surface area contributed by atoms with E-state index < -0.39 is 16.3 Å². The summed E-state index contributed by atoms with van der Waals surface area (Å²) in [5, 5.41) is 0. The van der Waals surface area contributed by atoms with Crippen molar-refractivity contribution in [2.45, 2.75) is 18.9 Å². The van der Waals surface area contributed by atoms with Crippen molar-refractivity contribution in [1.29, 1.82) is 0 Å². The molecule has 0 aliphatic carbocycles. The molecular weight excluding hydrogens is 246 g/mol. The van der Waals surface area contributed by atoms with Gasteiger partial charge in [0.25, 0.3) is 0 Å². The van der Waals surface area contributed by atoms with Gasteiger partial charge in [0.1, 0.15) is 0 Å². The van der Waals surface area contributed by atoms with Crippen molar-refractivity contribution in [1.82, 2.24) is 0 Å². The van der Waals surface area contributed by atoms with Crippen LogP contribution in [0.4, 0.5) is 0 Å². The van der Waals surface area contributed by atoms with Gasteiger partial charge in [0.15, 0.2) is 0 Å². The normalized spacial score (nSPS) is 12.1. The number of alkyl halides is 1. The molecule has 1 unspecified atom stereocenters. The minimum atomic E-state index is -2.28. The van der Waals surface area contributed by atoms with Crippen LogP contribution in [0.2, 0.25) is 0 Å². The molecule has 88 valence electrons. The molecule has 1 aromatic carbocycles. The van der Waals surface area contributed by atoms with Crippen LogP contribution in [0.25, 0.3) is 0 Å². The van der Waals surface area contributed by atoms with Crippen molar-refractivity contribution in [3.05, 3.63) is 35.9 Å². The van der Waals surface area contributed by atoms with Gasteiger partial charge in [0, 0.05) is 6.04 Å². The highest BCUT2D eigenvalue weighted by Gasteiger charge is 2.11. The Kier molecular flexibility index (Phi) is 5.52. The van der Waals surface area contributed by atoms with Gasteiger partial charge in [-0.25, -0.2) is 0 Å². The zero-order chi connectivity index (χ0) is 12.0. The number of aryl methyl sites for hydroxylation is 1. The maximum absolute atomic E-state index is 10.8. The van der Waals surface area contributed by atoms with E-state index in [-0.39, 0.29) is 10.7 Å². The van der Waals surface area contributed by atoms with Crippen molar-refractivity contribution in [3.8, 4) is 0 Å². The summed E-state index contributed by atoms with van der Waals surface area (Å²) >= 11 is 5.53. The van der Waals surface area contributed by atoms with Gasteiger partial charge in [-0.15, -0.1) is 11.6 Å². The molecule has 0 spiro atoms. The lowest BCUT2D eigenvalue weighted by Crippen LogP contribution is -2.32. The van der Waals surface area contributed by atoms with E-state index >= 15 is 0 Å². The Morgan fingerprint density at radius 3 is 2.44 bits per heavy atom. The summed E-state index contributed by atoms with van der Waals surface area (Å²) in [6.07, 6.45) is 1.33. The summed E-state index contributed by atoms with van der Waals surface area (Å²) < 4.78 is 21.6. The second-order valence-electron chi connectivity index (χ2n) is 3.47. The van der Waals surface area contributed by atoms with Crippen LogP contribution in [-0.2, 0) is 16.7 Å². The van der Waals surface area contributed by atoms with Crippen LogP contribution in [0.1, 0.15) is 12.0 Å². The second-order valence-corrected chi connectivity index (χ2v) is 4.73. The van der Waals surface area contributed by atoms with Crippen LogP contribution in [-0.4, -0.2) is 25.2 Å². The molecule has 1 rings (SSSR count). The number of hydrogen-bond acceptors (Lipinski definition) is 3. The Bertz CT molecular complexity index is 448. The van der Waals surface area contributed by atoms with Gasteiger partial charge >= 0.3 is 0 Å². The van der Waals surface area contributed by atoms with Crippen LogP contribution in [0.3, 0.4) is 0 Å². The van der Waals surface area contributed by atoms with Crippen LogP contribution in [0, 0.1) is 0 Å². The van der Waals surface area contributed by atoms with Gasteiger partial charge in [-0.3, -0.25) is 0 Å². The third kappa shape index (κ3) is 3.96. The molecule has 1 atom stereocenters. The lowest BCUT2D eigenvalue weighted by Gasteiger charge is -2.09. The third-order valence-corrected chi connectivity index (χ3v) is 3.67. The van der Waals surface area contributed by atoms with Gasteiger partial charge in [-0.1, -0.05) is 30.3 Å². The Morgan fingerprint density at radius 2 is 1.94 bits per heavy atom. The summed E-state index contributed by atoms with van der Waals surface area (Å²) in [6, 6.07) is 9.31. The first-order valence-electron chi connectivity index (χ1n) is 4.95. The van der Waals surface area contributed by atoms with E-state index in [9.17, 15) is 8.42 Å². The minimum absolute atomic E-state index is 0.0356. The quantitative estimate of drug-likeness (QED) is 0.639. The molecule has 0 aliphatic rings. The number of halogens is 1. The number of rotatable bonds is 5. The highest BCUT2D eigenvalue weighted by Crippen LogP contribution is 2.05. The first-order valence-corrected chi connectivity index (χ1v) is 6.56. The summed E-state index contributed by atoms with van der Waals surface area (Å²) in [6.45, 7) is 0. The van der Waals surface area contributed by atoms with Gasteiger partial charge in [0.05, 0.1) is 10.7 Å². The van der Waals surface area contributed by atoms with Crippen molar-refractivity contribution < 1.29 is 8.42 Å². The molecule has 0 heterocycles. The molecule has 0 radical (unpaired) electrons. The summed E-state index contributed by atoms with van der Waals surface area (Å²) in [5.74, 6) is -0.0356. The molecule has 5 heteroatoms. The van der Waals surface area contributed by atoms with Gasteiger partial charge in [-0.05, 0) is 18.4 Å². The second kappa shape index (κ2) is 6.68. The highest BCUT2D eigenvalue weighted by molar-refractivity contribution is 7.73. The standard InChI is InChI=1S/C11H14ClNO2S/c12-8-11(16(14)15)10(13)7-6-9-4-2-1-3-5-9/h1-5,10H,6-8,13H2. The predicted octanol–water partition coefficient (Wildman–Crippen LogP) is 1.24. The molecule has 3 nitrogen and oxygen atoms in total. The van der Waals surface area contributed by atoms with Crippen LogP contribution in [0.15, 0.2) is 30.3 Å². The molecule has 0 bridgehead atoms. The van der Waals surface area contributed by atoms with E-state index in [2.05, 4.69) is 0 Å². The van der Waals surface area contributed by atoms with Gasteiger partial charge in [-0.2, -0.15) is 8.42 Å².